The normalized spacial score (nSPS) is 14.4. The van der Waals surface area contributed by atoms with E-state index in [4.69, 9.17) is 0 Å². The van der Waals surface area contributed by atoms with Gasteiger partial charge >= 0.3 is 23.9 Å². The van der Waals surface area contributed by atoms with Gasteiger partial charge in [0.15, 0.2) is 5.78 Å². The van der Waals surface area contributed by atoms with Gasteiger partial charge in [0.25, 0.3) is 0 Å². The maximum Gasteiger partial charge on any atom is 0.460 e. The summed E-state index contributed by atoms with van der Waals surface area (Å²) in [5, 5.41) is 9.66. The first-order chi connectivity index (χ1) is 11.9. The fourth-order valence-electron chi connectivity index (χ4n) is 2.13. The molecule has 0 atom stereocenters. The van der Waals surface area contributed by atoms with E-state index >= 15 is 0 Å². The van der Waals surface area contributed by atoms with Crippen molar-refractivity contribution >= 4 is 5.78 Å². The molecule has 0 radical (unpaired) electrons. The molecule has 27 heavy (non-hydrogen) atoms. The third kappa shape index (κ3) is 3.69. The number of nitrogens with two attached hydrogens (primary N) is 1. The van der Waals surface area contributed by atoms with Crippen molar-refractivity contribution in [1.82, 2.24) is 0 Å². The van der Waals surface area contributed by atoms with Crippen LogP contribution in [0.1, 0.15) is 21.5 Å². The third-order valence-corrected chi connectivity index (χ3v) is 3.50. The van der Waals surface area contributed by atoms with E-state index in [2.05, 4.69) is 5.73 Å². The number of aromatic hydroxyl groups is 1. The predicted molar refractivity (Wildman–Crippen MR) is 75.1 cm³/mol. The average molecular weight is 409 g/mol. The first kappa shape index (κ1) is 22.6. The molecule has 0 aliphatic carbocycles. The van der Waals surface area contributed by atoms with Crippen molar-refractivity contribution < 1.29 is 49.4 Å². The van der Waals surface area contributed by atoms with Gasteiger partial charge in [0.1, 0.15) is 5.75 Å². The molecule has 0 aliphatic rings. The van der Waals surface area contributed by atoms with Gasteiger partial charge < -0.3 is 10.8 Å². The molecule has 0 unspecified atom stereocenters. The number of hydrogen-bond acceptors (Lipinski definition) is 3. The molecule has 0 aromatic heterocycles. The van der Waals surface area contributed by atoms with Gasteiger partial charge in [-0.3, -0.25) is 4.79 Å². The van der Waals surface area contributed by atoms with Crippen LogP contribution in [0.15, 0.2) is 23.9 Å². The molecule has 0 aliphatic heterocycles. The average Bonchev–Trinajstić information content (AvgIpc) is 2.44. The molecule has 1 aromatic rings. The number of rotatable bonds is 5. The summed E-state index contributed by atoms with van der Waals surface area (Å²) in [4.78, 5) is 11.9. The quantitative estimate of drug-likeness (QED) is 0.428. The molecular weight excluding hydrogens is 397 g/mol. The van der Waals surface area contributed by atoms with Gasteiger partial charge in [0.2, 0.25) is 0 Å². The Bertz CT molecular complexity index is 759. The van der Waals surface area contributed by atoms with E-state index < -0.39 is 52.8 Å². The summed E-state index contributed by atoms with van der Waals surface area (Å²) >= 11 is 0. The number of halogens is 9. The van der Waals surface area contributed by atoms with Crippen LogP contribution in [0.2, 0.25) is 0 Å². The number of phenols is 1. The topological polar surface area (TPSA) is 63.3 Å². The van der Waals surface area contributed by atoms with Gasteiger partial charge in [-0.15, -0.1) is 0 Å². The van der Waals surface area contributed by atoms with Crippen LogP contribution in [0.5, 0.6) is 5.75 Å². The van der Waals surface area contributed by atoms with Crippen molar-refractivity contribution in [1.29, 1.82) is 0 Å². The second kappa shape index (κ2) is 6.64. The molecule has 0 saturated carbocycles. The monoisotopic (exact) mass is 409 g/mol. The maximum atomic E-state index is 13.6. The molecule has 0 bridgehead atoms. The van der Waals surface area contributed by atoms with Crippen molar-refractivity contribution in [2.75, 3.05) is 0 Å². The summed E-state index contributed by atoms with van der Waals surface area (Å²) in [6, 6.07) is 2.30. The van der Waals surface area contributed by atoms with Crippen molar-refractivity contribution in [3.8, 4) is 5.75 Å². The van der Waals surface area contributed by atoms with Gasteiger partial charge in [-0.2, -0.15) is 39.5 Å². The van der Waals surface area contributed by atoms with Crippen LogP contribution in [0.4, 0.5) is 39.5 Å². The second-order valence-corrected chi connectivity index (χ2v) is 5.66. The zero-order valence-electron chi connectivity index (χ0n) is 13.6. The van der Waals surface area contributed by atoms with E-state index in [0.717, 1.165) is 6.07 Å². The van der Waals surface area contributed by atoms with Crippen LogP contribution < -0.4 is 5.73 Å². The van der Waals surface area contributed by atoms with Gasteiger partial charge in [0, 0.05) is 6.08 Å². The molecule has 1 rings (SSSR count). The summed E-state index contributed by atoms with van der Waals surface area (Å²) < 4.78 is 116. The van der Waals surface area contributed by atoms with E-state index in [1.807, 2.05) is 0 Å². The Morgan fingerprint density at radius 3 is 1.85 bits per heavy atom. The smallest absolute Gasteiger partial charge is 0.460 e. The highest BCUT2D eigenvalue weighted by Gasteiger charge is 2.82. The van der Waals surface area contributed by atoms with Crippen LogP contribution in [0.3, 0.4) is 0 Å². The molecule has 0 fully saturated rings. The number of carbonyl (C=O) groups excluding carboxylic acids is 1. The second-order valence-electron chi connectivity index (χ2n) is 5.66. The van der Waals surface area contributed by atoms with Gasteiger partial charge in [-0.25, -0.2) is 0 Å². The van der Waals surface area contributed by atoms with E-state index in [-0.39, 0.29) is 5.56 Å². The molecule has 0 heterocycles. The lowest BCUT2D eigenvalue weighted by molar-refractivity contribution is -0.389. The molecule has 0 saturated heterocycles. The summed E-state index contributed by atoms with van der Waals surface area (Å²) in [5.74, 6) is -22.7. The Morgan fingerprint density at radius 1 is 0.963 bits per heavy atom. The summed E-state index contributed by atoms with van der Waals surface area (Å²) in [6.07, 6.45) is -7.44. The number of phenolic OH excluding ortho intramolecular Hbond substituents is 1. The highest BCUT2D eigenvalue weighted by atomic mass is 19.4. The Labute approximate surface area is 146 Å². The van der Waals surface area contributed by atoms with E-state index in [0.29, 0.717) is 5.56 Å². The molecule has 152 valence electrons. The number of hydrogen-bond donors (Lipinski definition) is 2. The van der Waals surface area contributed by atoms with Crippen LogP contribution >= 0.6 is 0 Å². The molecule has 1 aromatic carbocycles. The Morgan fingerprint density at radius 2 is 1.44 bits per heavy atom. The Balaban J connectivity index is 3.42. The standard InChI is InChI=1S/C15H12F9NO2/c1-6-3-7(2)11(8(26)4-6)9(27)5-10(25)12(16,17)13(18,19)14(20,21)15(22,23)24/h3-5,26H,25H2,1-2H3/b10-5-. The van der Waals surface area contributed by atoms with Crippen molar-refractivity contribution in [3.63, 3.8) is 0 Å². The zero-order chi connectivity index (χ0) is 21.6. The number of benzene rings is 1. The zero-order valence-corrected chi connectivity index (χ0v) is 13.6. The lowest BCUT2D eigenvalue weighted by atomic mass is 9.97. The van der Waals surface area contributed by atoms with Crippen molar-refractivity contribution in [2.24, 2.45) is 5.73 Å². The van der Waals surface area contributed by atoms with Gasteiger partial charge in [-0.1, -0.05) is 6.07 Å². The highest BCUT2D eigenvalue weighted by Crippen LogP contribution is 2.54. The minimum absolute atomic E-state index is 0.00255. The van der Waals surface area contributed by atoms with E-state index in [9.17, 15) is 49.4 Å². The first-order valence-electron chi connectivity index (χ1n) is 6.90. The van der Waals surface area contributed by atoms with E-state index in [1.165, 1.54) is 19.9 Å². The van der Waals surface area contributed by atoms with Crippen molar-refractivity contribution in [3.05, 3.63) is 40.6 Å². The number of carbonyl (C=O) groups is 1. The SMILES string of the molecule is Cc1cc(C)c(C(=O)/C=C(\N)C(F)(F)C(F)(F)C(F)(F)C(F)(F)F)c(O)c1. The van der Waals surface area contributed by atoms with Crippen LogP contribution in [-0.4, -0.2) is 34.8 Å². The fourth-order valence-corrected chi connectivity index (χ4v) is 2.13. The number of allylic oxidation sites excluding steroid dienone is 2. The number of aryl methyl sites for hydroxylation is 2. The molecule has 0 amide bonds. The lowest BCUT2D eigenvalue weighted by Gasteiger charge is -2.33. The number of alkyl halides is 9. The summed E-state index contributed by atoms with van der Waals surface area (Å²) in [5.41, 5.74) is 1.81. The Kier molecular flexibility index (Phi) is 5.57. The van der Waals surface area contributed by atoms with E-state index in [1.54, 1.807) is 0 Å². The molecule has 3 N–H and O–H groups in total. The molecular formula is C15H12F9NO2. The van der Waals surface area contributed by atoms with Crippen LogP contribution in [0, 0.1) is 13.8 Å². The van der Waals surface area contributed by atoms with Gasteiger partial charge in [-0.05, 0) is 31.0 Å². The van der Waals surface area contributed by atoms with Crippen molar-refractivity contribution in [2.45, 2.75) is 37.8 Å². The largest absolute Gasteiger partial charge is 0.507 e. The predicted octanol–water partition coefficient (Wildman–Crippen LogP) is 4.50. The summed E-state index contributed by atoms with van der Waals surface area (Å²) in [7, 11) is 0. The number of ketones is 1. The van der Waals surface area contributed by atoms with Crippen LogP contribution in [0.25, 0.3) is 0 Å². The maximum absolute atomic E-state index is 13.6. The Hall–Kier alpha value is -2.40. The molecule has 3 nitrogen and oxygen atoms in total. The fraction of sp³-hybridized carbons (Fsp3) is 0.400. The highest BCUT2D eigenvalue weighted by molar-refractivity contribution is 6.08. The van der Waals surface area contributed by atoms with Crippen LogP contribution in [-0.2, 0) is 0 Å². The summed E-state index contributed by atoms with van der Waals surface area (Å²) in [6.45, 7) is 2.72. The third-order valence-electron chi connectivity index (χ3n) is 3.50. The minimum Gasteiger partial charge on any atom is -0.507 e. The molecule has 12 heteroatoms. The van der Waals surface area contributed by atoms with Gasteiger partial charge in [0.05, 0.1) is 11.3 Å². The minimum atomic E-state index is -7.13. The first-order valence-corrected chi connectivity index (χ1v) is 6.90. The lowest BCUT2D eigenvalue weighted by Crippen LogP contribution is -2.62. The molecule has 0 spiro atoms.